The molecular weight excluding hydrogens is 206 g/mol. The first-order valence-corrected chi connectivity index (χ1v) is 5.70. The monoisotopic (exact) mass is 223 g/mol. The van der Waals surface area contributed by atoms with Crippen LogP contribution in [0, 0.1) is 0 Å². The zero-order chi connectivity index (χ0) is 11.4. The fraction of sp³-hybridized carbons (Fsp3) is 0.700. The minimum absolute atomic E-state index is 0.0245. The van der Waals surface area contributed by atoms with E-state index in [1.807, 2.05) is 11.8 Å². The van der Waals surface area contributed by atoms with Gasteiger partial charge in [0.15, 0.2) is 0 Å². The van der Waals surface area contributed by atoms with Gasteiger partial charge in [0.25, 0.3) is 0 Å². The fourth-order valence-electron chi connectivity index (χ4n) is 1.87. The number of nitrogens with one attached hydrogen (secondary N) is 1. The number of rotatable bonds is 3. The van der Waals surface area contributed by atoms with Crippen LogP contribution in [0.4, 0.5) is 4.79 Å². The summed E-state index contributed by atoms with van der Waals surface area (Å²) in [6.07, 6.45) is 5.22. The third-order valence-corrected chi connectivity index (χ3v) is 2.74. The van der Waals surface area contributed by atoms with Gasteiger partial charge in [-0.15, -0.1) is 0 Å². The summed E-state index contributed by atoms with van der Waals surface area (Å²) in [5.41, 5.74) is 0. The smallest absolute Gasteiger partial charge is 0.317 e. The topological polar surface area (TPSA) is 63.1 Å². The molecule has 0 aliphatic carbocycles. The van der Waals surface area contributed by atoms with Crippen molar-refractivity contribution in [1.82, 2.24) is 25.2 Å². The zero-order valence-electron chi connectivity index (χ0n) is 9.46. The lowest BCUT2D eigenvalue weighted by Gasteiger charge is -2.16. The van der Waals surface area contributed by atoms with Crippen LogP contribution in [0.25, 0.3) is 0 Å². The molecule has 1 N–H and O–H groups in total. The van der Waals surface area contributed by atoms with Crippen molar-refractivity contribution < 1.29 is 4.79 Å². The van der Waals surface area contributed by atoms with Gasteiger partial charge < -0.3 is 10.2 Å². The number of carbonyl (C=O) groups excluding carboxylic acids is 1. The summed E-state index contributed by atoms with van der Waals surface area (Å²) in [6.45, 7) is 4.26. The Kier molecular flexibility index (Phi) is 3.38. The van der Waals surface area contributed by atoms with Crippen LogP contribution < -0.4 is 5.32 Å². The third kappa shape index (κ3) is 2.32. The summed E-state index contributed by atoms with van der Waals surface area (Å²) in [6, 6.07) is 0.249. The van der Waals surface area contributed by atoms with E-state index in [0.29, 0.717) is 6.54 Å². The van der Waals surface area contributed by atoms with E-state index in [1.54, 1.807) is 17.2 Å². The van der Waals surface area contributed by atoms with Gasteiger partial charge in [-0.3, -0.25) is 0 Å². The van der Waals surface area contributed by atoms with Crippen LogP contribution in [0.15, 0.2) is 12.4 Å². The Balaban J connectivity index is 1.86. The lowest BCUT2D eigenvalue weighted by atomic mass is 10.3. The van der Waals surface area contributed by atoms with Crippen molar-refractivity contribution in [3.05, 3.63) is 12.4 Å². The molecule has 1 aliphatic rings. The second kappa shape index (κ2) is 4.96. The number of urea groups is 1. The number of amides is 2. The summed E-state index contributed by atoms with van der Waals surface area (Å²) >= 11 is 0. The van der Waals surface area contributed by atoms with E-state index in [0.717, 1.165) is 25.9 Å². The Morgan fingerprint density at radius 3 is 2.94 bits per heavy atom. The summed E-state index contributed by atoms with van der Waals surface area (Å²) in [5.74, 6) is 0. The number of hydrogen-bond acceptors (Lipinski definition) is 3. The van der Waals surface area contributed by atoms with E-state index >= 15 is 0 Å². The molecule has 0 saturated carbocycles. The van der Waals surface area contributed by atoms with E-state index < -0.39 is 0 Å². The van der Waals surface area contributed by atoms with Gasteiger partial charge in [-0.1, -0.05) is 6.92 Å². The first kappa shape index (κ1) is 10.9. The van der Waals surface area contributed by atoms with Crippen molar-refractivity contribution in [2.24, 2.45) is 0 Å². The van der Waals surface area contributed by atoms with Crippen molar-refractivity contribution in [1.29, 1.82) is 0 Å². The molecule has 88 valence electrons. The molecule has 1 fully saturated rings. The predicted octanol–water partition coefficient (Wildman–Crippen LogP) is 0.644. The minimum Gasteiger partial charge on any atom is -0.338 e. The highest BCUT2D eigenvalue weighted by molar-refractivity contribution is 5.74. The summed E-state index contributed by atoms with van der Waals surface area (Å²) in [5, 5.41) is 11.1. The average molecular weight is 223 g/mol. The standard InChI is InChI=1S/C10H17N5O/c1-2-4-11-10(16)14-7-3-9(8-14)15-12-5-6-13-15/h5-6,9H,2-4,7-8H2,1H3,(H,11,16). The molecule has 6 nitrogen and oxygen atoms in total. The maximum absolute atomic E-state index is 11.7. The first-order valence-electron chi connectivity index (χ1n) is 5.70. The number of aromatic nitrogens is 3. The Hall–Kier alpha value is -1.59. The van der Waals surface area contributed by atoms with Crippen molar-refractivity contribution in [3.8, 4) is 0 Å². The second-order valence-corrected chi connectivity index (χ2v) is 3.97. The number of likely N-dealkylation sites (tertiary alicyclic amines) is 1. The van der Waals surface area contributed by atoms with Crippen LogP contribution in [0.1, 0.15) is 25.8 Å². The average Bonchev–Trinajstić information content (AvgIpc) is 2.94. The molecule has 1 aromatic heterocycles. The third-order valence-electron chi connectivity index (χ3n) is 2.74. The van der Waals surface area contributed by atoms with Crippen molar-refractivity contribution in [2.75, 3.05) is 19.6 Å². The van der Waals surface area contributed by atoms with Gasteiger partial charge in [-0.2, -0.15) is 15.0 Å². The number of carbonyl (C=O) groups is 1. The van der Waals surface area contributed by atoms with E-state index in [4.69, 9.17) is 0 Å². The molecule has 0 radical (unpaired) electrons. The maximum Gasteiger partial charge on any atom is 0.317 e. The maximum atomic E-state index is 11.7. The quantitative estimate of drug-likeness (QED) is 0.818. The fourth-order valence-corrected chi connectivity index (χ4v) is 1.87. The normalized spacial score (nSPS) is 20.1. The van der Waals surface area contributed by atoms with Crippen LogP contribution in [0.2, 0.25) is 0 Å². The number of nitrogens with zero attached hydrogens (tertiary/aromatic N) is 4. The lowest BCUT2D eigenvalue weighted by Crippen LogP contribution is -2.39. The molecule has 1 aromatic rings. The summed E-state index contributed by atoms with van der Waals surface area (Å²) < 4.78 is 0. The molecule has 2 amide bonds. The van der Waals surface area contributed by atoms with Crippen LogP contribution >= 0.6 is 0 Å². The zero-order valence-corrected chi connectivity index (χ0v) is 9.46. The van der Waals surface area contributed by atoms with Gasteiger partial charge in [0.1, 0.15) is 0 Å². The molecule has 16 heavy (non-hydrogen) atoms. The molecule has 6 heteroatoms. The molecule has 0 bridgehead atoms. The molecule has 0 aromatic carbocycles. The molecule has 1 unspecified atom stereocenters. The molecule has 1 aliphatic heterocycles. The van der Waals surface area contributed by atoms with Crippen molar-refractivity contribution in [3.63, 3.8) is 0 Å². The Labute approximate surface area is 94.6 Å². The summed E-state index contributed by atoms with van der Waals surface area (Å²) in [4.78, 5) is 15.2. The van der Waals surface area contributed by atoms with Gasteiger partial charge in [-0.05, 0) is 12.8 Å². The molecule has 1 atom stereocenters. The Morgan fingerprint density at radius 1 is 1.50 bits per heavy atom. The van der Waals surface area contributed by atoms with Crippen molar-refractivity contribution in [2.45, 2.75) is 25.8 Å². The number of hydrogen-bond donors (Lipinski definition) is 1. The van der Waals surface area contributed by atoms with E-state index in [1.165, 1.54) is 0 Å². The second-order valence-electron chi connectivity index (χ2n) is 3.97. The highest BCUT2D eigenvalue weighted by atomic mass is 16.2. The Bertz CT molecular complexity index is 337. The molecule has 2 rings (SSSR count). The van der Waals surface area contributed by atoms with E-state index in [-0.39, 0.29) is 12.1 Å². The van der Waals surface area contributed by atoms with Gasteiger partial charge >= 0.3 is 6.03 Å². The van der Waals surface area contributed by atoms with E-state index in [9.17, 15) is 4.79 Å². The molecular formula is C10H17N5O. The lowest BCUT2D eigenvalue weighted by molar-refractivity contribution is 0.206. The van der Waals surface area contributed by atoms with Crippen molar-refractivity contribution >= 4 is 6.03 Å². The van der Waals surface area contributed by atoms with Crippen LogP contribution in [0.5, 0.6) is 0 Å². The minimum atomic E-state index is 0.0245. The van der Waals surface area contributed by atoms with E-state index in [2.05, 4.69) is 15.5 Å². The largest absolute Gasteiger partial charge is 0.338 e. The van der Waals surface area contributed by atoms with Crippen LogP contribution in [-0.4, -0.2) is 45.6 Å². The molecule has 2 heterocycles. The van der Waals surface area contributed by atoms with Gasteiger partial charge in [0, 0.05) is 19.6 Å². The van der Waals surface area contributed by atoms with Gasteiger partial charge in [-0.25, -0.2) is 4.79 Å². The van der Waals surface area contributed by atoms with Crippen LogP contribution in [-0.2, 0) is 0 Å². The predicted molar refractivity (Wildman–Crippen MR) is 58.9 cm³/mol. The van der Waals surface area contributed by atoms with Gasteiger partial charge in [0.05, 0.1) is 18.4 Å². The van der Waals surface area contributed by atoms with Crippen LogP contribution in [0.3, 0.4) is 0 Å². The molecule has 1 saturated heterocycles. The first-order chi connectivity index (χ1) is 7.81. The SMILES string of the molecule is CCCNC(=O)N1CCC(n2nccn2)C1. The van der Waals surface area contributed by atoms with Gasteiger partial charge in [0.2, 0.25) is 0 Å². The Morgan fingerprint density at radius 2 is 2.25 bits per heavy atom. The summed E-state index contributed by atoms with van der Waals surface area (Å²) in [7, 11) is 0. The molecule has 0 spiro atoms. The highest BCUT2D eigenvalue weighted by Gasteiger charge is 2.27. The highest BCUT2D eigenvalue weighted by Crippen LogP contribution is 2.19.